The Balaban J connectivity index is 1.40. The number of phenolic OH excluding ortho intramolecular Hbond substituents is 2. The van der Waals surface area contributed by atoms with Crippen LogP contribution in [0, 0.1) is 11.8 Å². The monoisotopic (exact) mass is 959 g/mol. The molecule has 2 aromatic rings. The molecule has 392 valence electrons. The maximum atomic E-state index is 13.0. The predicted octanol–water partition coefficient (Wildman–Crippen LogP) is 14.8. The van der Waals surface area contributed by atoms with Crippen molar-refractivity contribution in [3.8, 4) is 11.5 Å². The van der Waals surface area contributed by atoms with Gasteiger partial charge in [0.05, 0.1) is 13.2 Å². The van der Waals surface area contributed by atoms with Gasteiger partial charge < -0.3 is 19.7 Å². The third-order valence-corrected chi connectivity index (χ3v) is 16.8. The molecule has 2 aliphatic heterocycles. The Morgan fingerprint density at radius 2 is 0.754 bits per heavy atom. The van der Waals surface area contributed by atoms with E-state index in [4.69, 9.17) is 9.47 Å². The minimum absolute atomic E-state index is 0.0238. The van der Waals surface area contributed by atoms with Gasteiger partial charge >= 0.3 is 11.9 Å². The minimum atomic E-state index is -0.539. The summed E-state index contributed by atoms with van der Waals surface area (Å²) in [5, 5.41) is 23.2. The highest BCUT2D eigenvalue weighted by Crippen LogP contribution is 2.52. The van der Waals surface area contributed by atoms with Gasteiger partial charge in [0.1, 0.15) is 17.9 Å². The van der Waals surface area contributed by atoms with Crippen molar-refractivity contribution < 1.29 is 29.3 Å². The van der Waals surface area contributed by atoms with Crippen molar-refractivity contribution >= 4 is 11.9 Å². The lowest BCUT2D eigenvalue weighted by Crippen LogP contribution is -2.59. The second-order valence-corrected chi connectivity index (χ2v) is 28.5. The van der Waals surface area contributed by atoms with Crippen LogP contribution < -0.4 is 0 Å². The molecular formula is C61H102N2O6. The summed E-state index contributed by atoms with van der Waals surface area (Å²) in [7, 11) is 4.51. The quantitative estimate of drug-likeness (QED) is 0.0975. The highest BCUT2D eigenvalue weighted by molar-refractivity contribution is 5.91. The number of likely N-dealkylation sites (tertiary alicyclic amines) is 2. The number of ether oxygens (including phenoxy) is 2. The molecule has 69 heavy (non-hydrogen) atoms. The number of unbranched alkanes of at least 4 members (excludes halogenated alkanes) is 2. The minimum Gasteiger partial charge on any atom is -0.507 e. The van der Waals surface area contributed by atoms with Crippen LogP contribution in [-0.4, -0.2) is 81.4 Å². The summed E-state index contributed by atoms with van der Waals surface area (Å²) < 4.78 is 11.3. The Kier molecular flexibility index (Phi) is 17.9. The van der Waals surface area contributed by atoms with Gasteiger partial charge in [0.25, 0.3) is 0 Å². The molecule has 0 radical (unpaired) electrons. The van der Waals surface area contributed by atoms with Crippen LogP contribution in [0.15, 0.2) is 24.3 Å². The molecule has 0 aromatic heterocycles. The zero-order valence-corrected chi connectivity index (χ0v) is 48.2. The third-order valence-electron chi connectivity index (χ3n) is 16.8. The van der Waals surface area contributed by atoms with E-state index in [9.17, 15) is 19.8 Å². The first-order valence-corrected chi connectivity index (χ1v) is 26.8. The number of rotatable bonds is 16. The number of benzene rings is 2. The fraction of sp³-hybridized carbons (Fsp3) is 0.770. The fourth-order valence-electron chi connectivity index (χ4n) is 12.4. The van der Waals surface area contributed by atoms with Gasteiger partial charge in [0.2, 0.25) is 0 Å². The van der Waals surface area contributed by atoms with Crippen LogP contribution in [0.1, 0.15) is 254 Å². The first-order chi connectivity index (χ1) is 31.2. The third kappa shape index (κ3) is 14.5. The van der Waals surface area contributed by atoms with Gasteiger partial charge in [-0.2, -0.15) is 0 Å². The van der Waals surface area contributed by atoms with Crippen molar-refractivity contribution in [1.29, 1.82) is 0 Å². The van der Waals surface area contributed by atoms with E-state index in [0.717, 1.165) is 73.6 Å². The second-order valence-electron chi connectivity index (χ2n) is 28.5. The zero-order chi connectivity index (χ0) is 52.7. The molecular weight excluding hydrogens is 857 g/mol. The highest BCUT2D eigenvalue weighted by Gasteiger charge is 2.47. The summed E-state index contributed by atoms with van der Waals surface area (Å²) in [6, 6.07) is 9.09. The van der Waals surface area contributed by atoms with E-state index in [1.807, 2.05) is 0 Å². The summed E-state index contributed by atoms with van der Waals surface area (Å²) >= 11 is 0. The predicted molar refractivity (Wildman–Crippen MR) is 288 cm³/mol. The average molecular weight is 959 g/mol. The molecule has 2 saturated heterocycles. The molecule has 8 nitrogen and oxygen atoms in total. The Labute approximate surface area is 422 Å². The van der Waals surface area contributed by atoms with Gasteiger partial charge in [-0.05, 0) is 212 Å². The van der Waals surface area contributed by atoms with Gasteiger partial charge in [-0.1, -0.05) is 107 Å². The molecule has 0 bridgehead atoms. The normalized spacial score (nSPS) is 20.4. The van der Waals surface area contributed by atoms with Crippen LogP contribution in [0.3, 0.4) is 0 Å². The molecule has 2 aliphatic rings. The van der Waals surface area contributed by atoms with E-state index in [0.29, 0.717) is 36.2 Å². The topological polar surface area (TPSA) is 99.5 Å². The smallest absolute Gasteiger partial charge is 0.317 e. The molecule has 2 fully saturated rings. The fourth-order valence-corrected chi connectivity index (χ4v) is 12.4. The number of hydrogen-bond acceptors (Lipinski definition) is 8. The molecule has 4 rings (SSSR count). The van der Waals surface area contributed by atoms with Crippen molar-refractivity contribution in [1.82, 2.24) is 9.80 Å². The van der Waals surface area contributed by atoms with Crippen LogP contribution in [0.5, 0.6) is 11.5 Å². The average Bonchev–Trinajstić information content (AvgIpc) is 3.16. The van der Waals surface area contributed by atoms with Crippen molar-refractivity contribution in [3.05, 3.63) is 57.6 Å². The molecule has 0 amide bonds. The summed E-state index contributed by atoms with van der Waals surface area (Å²) in [6.45, 7) is 45.5. The Bertz CT molecular complexity index is 1830. The van der Waals surface area contributed by atoms with E-state index in [1.165, 1.54) is 11.1 Å². The Hall–Kier alpha value is -3.10. The van der Waals surface area contributed by atoms with E-state index >= 15 is 0 Å². The van der Waals surface area contributed by atoms with Crippen LogP contribution in [-0.2, 0) is 40.7 Å². The van der Waals surface area contributed by atoms with E-state index < -0.39 is 11.9 Å². The number of esters is 2. The number of hydrogen-bond donors (Lipinski definition) is 2. The highest BCUT2D eigenvalue weighted by atomic mass is 16.6. The second kappa shape index (κ2) is 21.2. The summed E-state index contributed by atoms with van der Waals surface area (Å²) in [5.74, 6) is 1.15. The molecule has 2 unspecified atom stereocenters. The van der Waals surface area contributed by atoms with E-state index in [1.54, 1.807) is 0 Å². The van der Waals surface area contributed by atoms with E-state index in [2.05, 4.69) is 187 Å². The standard InChI is InChI=1S/C61H102N2O6/c1-54(2,3)46-31-40(32-47(52(46)66)55(4,5)6)44(42-36-58(13,14)62(21)59(15,16)37-42)27-23-25-29-68-50(64)35-51(65)69-30-26-24-28-45(43-38-60(17,18)63(22)61(19,20)39-43)41-33-48(56(7,8)9)53(67)49(34-41)57(10,11)12/h31-34,42-45,66-67H,23-30,35-39H2,1-22H3. The maximum absolute atomic E-state index is 13.0. The number of nitrogens with zero attached hydrogens (tertiary/aromatic N) is 2. The van der Waals surface area contributed by atoms with Gasteiger partial charge in [0, 0.05) is 22.2 Å². The summed E-state index contributed by atoms with van der Waals surface area (Å²) in [5.41, 5.74) is 5.75. The number of piperidine rings is 2. The van der Waals surface area contributed by atoms with Crippen molar-refractivity contribution in [2.24, 2.45) is 11.8 Å². The van der Waals surface area contributed by atoms with Crippen LogP contribution in [0.25, 0.3) is 0 Å². The van der Waals surface area contributed by atoms with Crippen LogP contribution >= 0.6 is 0 Å². The largest absolute Gasteiger partial charge is 0.507 e. The van der Waals surface area contributed by atoms with Gasteiger partial charge in [-0.25, -0.2) is 0 Å². The van der Waals surface area contributed by atoms with Crippen molar-refractivity contribution in [2.45, 2.75) is 265 Å². The van der Waals surface area contributed by atoms with Crippen LogP contribution in [0.2, 0.25) is 0 Å². The molecule has 2 aromatic carbocycles. The van der Waals surface area contributed by atoms with Crippen molar-refractivity contribution in [3.63, 3.8) is 0 Å². The Morgan fingerprint density at radius 3 is 0.986 bits per heavy atom. The maximum Gasteiger partial charge on any atom is 0.317 e. The Morgan fingerprint density at radius 1 is 0.507 bits per heavy atom. The van der Waals surface area contributed by atoms with Gasteiger partial charge in [0.15, 0.2) is 0 Å². The van der Waals surface area contributed by atoms with E-state index in [-0.39, 0.29) is 75.3 Å². The summed E-state index contributed by atoms with van der Waals surface area (Å²) in [6.07, 6.45) is 8.91. The molecule has 8 heteroatoms. The molecule has 0 saturated carbocycles. The summed E-state index contributed by atoms with van der Waals surface area (Å²) in [4.78, 5) is 31.0. The molecule has 2 heterocycles. The van der Waals surface area contributed by atoms with Gasteiger partial charge in [-0.15, -0.1) is 0 Å². The lowest BCUT2D eigenvalue weighted by atomic mass is 9.66. The number of phenols is 2. The molecule has 2 N–H and O–H groups in total. The molecule has 0 aliphatic carbocycles. The number of aromatic hydroxyl groups is 2. The SMILES string of the molecule is CN1C(C)(C)CC(C(CCCCOC(=O)CC(=O)OCCCCC(c2cc(C(C)(C)C)c(O)c(C(C)(C)C)c2)C2CC(C)(C)N(C)C(C)(C)C2)c2cc(C(C)(C)C)c(O)c(C(C)(C)C)c2)CC1(C)C. The first-order valence-electron chi connectivity index (χ1n) is 26.8. The van der Waals surface area contributed by atoms with Crippen molar-refractivity contribution in [2.75, 3.05) is 27.3 Å². The number of carbonyl (C=O) groups excluding carboxylic acids is 2. The first kappa shape index (κ1) is 58.5. The number of carbonyl (C=O) groups is 2. The molecule has 0 spiro atoms. The van der Waals surface area contributed by atoms with Crippen LogP contribution in [0.4, 0.5) is 0 Å². The lowest BCUT2D eigenvalue weighted by Gasteiger charge is -2.55. The zero-order valence-electron chi connectivity index (χ0n) is 48.2. The lowest BCUT2D eigenvalue weighted by molar-refractivity contribution is -0.154. The van der Waals surface area contributed by atoms with Gasteiger partial charge in [-0.3, -0.25) is 19.4 Å². The molecule has 2 atom stereocenters.